The van der Waals surface area contributed by atoms with Gasteiger partial charge in [0.15, 0.2) is 0 Å². The normalized spacial score (nSPS) is 12.5. The Balaban J connectivity index is 2.29. The Morgan fingerprint density at radius 2 is 2.31 bits per heavy atom. The van der Waals surface area contributed by atoms with E-state index < -0.39 is 0 Å². The molecule has 0 saturated heterocycles. The average Bonchev–Trinajstić information content (AvgIpc) is 2.28. The van der Waals surface area contributed by atoms with Gasteiger partial charge in [-0.2, -0.15) is 0 Å². The highest BCUT2D eigenvalue weighted by Crippen LogP contribution is 2.17. The summed E-state index contributed by atoms with van der Waals surface area (Å²) in [5.74, 6) is 1.30. The predicted octanol–water partition coefficient (Wildman–Crippen LogP) is 2.97. The maximum Gasteiger partial charge on any atom is 0.126 e. The first-order chi connectivity index (χ1) is 7.63. The summed E-state index contributed by atoms with van der Waals surface area (Å²) >= 11 is 3.42. The fourth-order valence-corrected chi connectivity index (χ4v) is 1.61. The summed E-state index contributed by atoms with van der Waals surface area (Å²) in [6.45, 7) is 5.28. The van der Waals surface area contributed by atoms with Crippen molar-refractivity contribution in [3.8, 4) is 0 Å². The highest BCUT2D eigenvalue weighted by molar-refractivity contribution is 9.10. The second-order valence-corrected chi connectivity index (χ2v) is 5.03. The number of halogens is 1. The molecule has 0 aliphatic rings. The van der Waals surface area contributed by atoms with Gasteiger partial charge in [0.25, 0.3) is 0 Å². The second kappa shape index (κ2) is 6.86. The van der Waals surface area contributed by atoms with Gasteiger partial charge in [-0.3, -0.25) is 0 Å². The van der Waals surface area contributed by atoms with Crippen molar-refractivity contribution in [3.63, 3.8) is 0 Å². The lowest BCUT2D eigenvalue weighted by molar-refractivity contribution is 0.229. The molecule has 1 atom stereocenters. The lowest BCUT2D eigenvalue weighted by Crippen LogP contribution is -2.07. The zero-order chi connectivity index (χ0) is 12.0. The first kappa shape index (κ1) is 13.5. The molecule has 1 aromatic rings. The first-order valence-corrected chi connectivity index (χ1v) is 6.39. The van der Waals surface area contributed by atoms with E-state index >= 15 is 0 Å². The molecular weight excluding hydrogens is 268 g/mol. The van der Waals surface area contributed by atoms with Crippen molar-refractivity contribution in [3.05, 3.63) is 22.3 Å². The number of nitrogens with zero attached hydrogens (tertiary/aromatic N) is 1. The Bertz CT molecular complexity index is 331. The molecule has 1 heterocycles. The predicted molar refractivity (Wildman–Crippen MR) is 70.6 cm³/mol. The molecule has 0 aromatic carbocycles. The molecule has 1 unspecified atom stereocenters. The lowest BCUT2D eigenvalue weighted by Gasteiger charge is -2.09. The molecule has 0 radical (unpaired) electrons. The molecule has 90 valence electrons. The first-order valence-electron chi connectivity index (χ1n) is 5.60. The average molecular weight is 287 g/mol. The summed E-state index contributed by atoms with van der Waals surface area (Å²) in [5.41, 5.74) is 1.18. The summed E-state index contributed by atoms with van der Waals surface area (Å²) in [4.78, 5) is 4.27. The number of hydrogen-bond acceptors (Lipinski definition) is 3. The Labute approximate surface area is 105 Å². The van der Waals surface area contributed by atoms with Gasteiger partial charge in [-0.15, -0.1) is 0 Å². The third-order valence-electron chi connectivity index (χ3n) is 2.54. The minimum absolute atomic E-state index is 0.273. The Morgan fingerprint density at radius 1 is 1.56 bits per heavy atom. The van der Waals surface area contributed by atoms with Crippen LogP contribution in [0.3, 0.4) is 0 Å². The van der Waals surface area contributed by atoms with E-state index in [1.165, 1.54) is 5.56 Å². The van der Waals surface area contributed by atoms with Gasteiger partial charge in [-0.25, -0.2) is 4.98 Å². The van der Waals surface area contributed by atoms with Crippen LogP contribution in [0.1, 0.15) is 25.3 Å². The van der Waals surface area contributed by atoms with E-state index in [0.717, 1.165) is 29.7 Å². The monoisotopic (exact) mass is 286 g/mol. The van der Waals surface area contributed by atoms with E-state index in [2.05, 4.69) is 33.2 Å². The van der Waals surface area contributed by atoms with Crippen molar-refractivity contribution in [2.24, 2.45) is 5.92 Å². The quantitative estimate of drug-likeness (QED) is 0.791. The fourth-order valence-electron chi connectivity index (χ4n) is 1.39. The molecule has 0 aliphatic carbocycles. The van der Waals surface area contributed by atoms with Crippen LogP contribution in [0.15, 0.2) is 16.7 Å². The van der Waals surface area contributed by atoms with Crippen LogP contribution in [0.4, 0.5) is 5.82 Å². The van der Waals surface area contributed by atoms with E-state index in [4.69, 9.17) is 5.11 Å². The molecule has 0 fully saturated rings. The van der Waals surface area contributed by atoms with Gasteiger partial charge in [-0.1, -0.05) is 6.92 Å². The van der Waals surface area contributed by atoms with Crippen molar-refractivity contribution >= 4 is 21.7 Å². The Hall–Kier alpha value is -0.610. The number of nitrogens with one attached hydrogen (secondary N) is 1. The Kier molecular flexibility index (Phi) is 5.77. The minimum Gasteiger partial charge on any atom is -0.396 e. The molecule has 0 aliphatic heterocycles. The number of aliphatic hydroxyl groups is 1. The van der Waals surface area contributed by atoms with Crippen LogP contribution in [0.5, 0.6) is 0 Å². The summed E-state index contributed by atoms with van der Waals surface area (Å²) in [5, 5.41) is 12.2. The smallest absolute Gasteiger partial charge is 0.126 e. The van der Waals surface area contributed by atoms with Gasteiger partial charge in [0, 0.05) is 23.8 Å². The number of rotatable bonds is 6. The van der Waals surface area contributed by atoms with Crippen LogP contribution in [0.25, 0.3) is 0 Å². The second-order valence-electron chi connectivity index (χ2n) is 4.18. The standard InChI is InChI=1S/C12H19BrN2O/c1-9(8-16)4-3-5-14-12-6-10(2)11(13)7-15-12/h6-7,9,16H,3-5,8H2,1-2H3,(H,14,15). The number of aliphatic hydroxyl groups excluding tert-OH is 1. The molecule has 2 N–H and O–H groups in total. The Morgan fingerprint density at radius 3 is 2.94 bits per heavy atom. The summed E-state index contributed by atoms with van der Waals surface area (Å²) < 4.78 is 1.03. The van der Waals surface area contributed by atoms with E-state index in [1.54, 1.807) is 0 Å². The van der Waals surface area contributed by atoms with Crippen LogP contribution in [0, 0.1) is 12.8 Å². The third-order valence-corrected chi connectivity index (χ3v) is 3.37. The van der Waals surface area contributed by atoms with Crippen molar-refractivity contribution in [2.45, 2.75) is 26.7 Å². The third kappa shape index (κ3) is 4.49. The van der Waals surface area contributed by atoms with E-state index in [1.807, 2.05) is 19.2 Å². The molecule has 0 amide bonds. The highest BCUT2D eigenvalue weighted by Gasteiger charge is 2.00. The van der Waals surface area contributed by atoms with E-state index in [0.29, 0.717) is 5.92 Å². The van der Waals surface area contributed by atoms with Crippen LogP contribution in [-0.2, 0) is 0 Å². The molecule has 4 heteroatoms. The molecule has 0 spiro atoms. The van der Waals surface area contributed by atoms with Crippen molar-refractivity contribution < 1.29 is 5.11 Å². The number of pyridine rings is 1. The maximum atomic E-state index is 8.88. The van der Waals surface area contributed by atoms with Gasteiger partial charge in [-0.05, 0) is 53.2 Å². The summed E-state index contributed by atoms with van der Waals surface area (Å²) in [7, 11) is 0. The molecule has 1 aromatic heterocycles. The van der Waals surface area contributed by atoms with Crippen molar-refractivity contribution in [2.75, 3.05) is 18.5 Å². The zero-order valence-corrected chi connectivity index (χ0v) is 11.4. The highest BCUT2D eigenvalue weighted by atomic mass is 79.9. The van der Waals surface area contributed by atoms with Crippen LogP contribution in [0.2, 0.25) is 0 Å². The maximum absolute atomic E-state index is 8.88. The van der Waals surface area contributed by atoms with E-state index in [9.17, 15) is 0 Å². The lowest BCUT2D eigenvalue weighted by atomic mass is 10.1. The minimum atomic E-state index is 0.273. The van der Waals surface area contributed by atoms with Crippen LogP contribution >= 0.6 is 15.9 Å². The molecule has 1 rings (SSSR count). The van der Waals surface area contributed by atoms with Crippen molar-refractivity contribution in [1.29, 1.82) is 0 Å². The zero-order valence-electron chi connectivity index (χ0n) is 9.83. The molecule has 0 bridgehead atoms. The largest absolute Gasteiger partial charge is 0.396 e. The number of hydrogen-bond donors (Lipinski definition) is 2. The van der Waals surface area contributed by atoms with Gasteiger partial charge in [0.2, 0.25) is 0 Å². The van der Waals surface area contributed by atoms with Gasteiger partial charge < -0.3 is 10.4 Å². The van der Waals surface area contributed by atoms with Crippen LogP contribution < -0.4 is 5.32 Å². The molecule has 3 nitrogen and oxygen atoms in total. The summed E-state index contributed by atoms with van der Waals surface area (Å²) in [6, 6.07) is 2.03. The topological polar surface area (TPSA) is 45.1 Å². The molecule has 16 heavy (non-hydrogen) atoms. The number of aryl methyl sites for hydroxylation is 1. The van der Waals surface area contributed by atoms with Crippen molar-refractivity contribution in [1.82, 2.24) is 4.98 Å². The van der Waals surface area contributed by atoms with Gasteiger partial charge >= 0.3 is 0 Å². The van der Waals surface area contributed by atoms with Gasteiger partial charge in [0.1, 0.15) is 5.82 Å². The SMILES string of the molecule is Cc1cc(NCCCC(C)CO)ncc1Br. The fraction of sp³-hybridized carbons (Fsp3) is 0.583. The van der Waals surface area contributed by atoms with E-state index in [-0.39, 0.29) is 6.61 Å². The molecular formula is C12H19BrN2O. The van der Waals surface area contributed by atoms with Crippen LogP contribution in [-0.4, -0.2) is 23.2 Å². The summed E-state index contributed by atoms with van der Waals surface area (Å²) in [6.07, 6.45) is 3.91. The number of anilines is 1. The number of aromatic nitrogens is 1. The molecule has 0 saturated carbocycles. The van der Waals surface area contributed by atoms with Gasteiger partial charge in [0.05, 0.1) is 0 Å².